The van der Waals surface area contributed by atoms with Crippen LogP contribution >= 0.6 is 24.8 Å². The van der Waals surface area contributed by atoms with Crippen LogP contribution in [0.5, 0.6) is 0 Å². The first kappa shape index (κ1) is 33.8. The van der Waals surface area contributed by atoms with E-state index < -0.39 is 17.4 Å². The Morgan fingerprint density at radius 2 is 1.26 bits per heavy atom. The predicted octanol–water partition coefficient (Wildman–Crippen LogP) is 9.84. The first-order chi connectivity index (χ1) is 16.2. The van der Waals surface area contributed by atoms with Gasteiger partial charge in [0.2, 0.25) is 0 Å². The minimum atomic E-state index is -4.05. The zero-order valence-corrected chi connectivity index (χ0v) is 31.6. The van der Waals surface area contributed by atoms with Crippen molar-refractivity contribution in [2.75, 3.05) is 0 Å². The monoisotopic (exact) mass is 648 g/mol. The van der Waals surface area contributed by atoms with Crippen molar-refractivity contribution in [3.05, 3.63) is 74.1 Å². The van der Waals surface area contributed by atoms with Gasteiger partial charge in [0.25, 0.3) is 0 Å². The maximum atomic E-state index is 2.58. The molecule has 0 amide bonds. The van der Waals surface area contributed by atoms with Crippen LogP contribution in [0.2, 0.25) is 6.25 Å². The summed E-state index contributed by atoms with van der Waals surface area (Å²) in [6.45, 7) is 32.3. The van der Waals surface area contributed by atoms with Crippen LogP contribution in [0, 0.1) is 0 Å². The Morgan fingerprint density at radius 1 is 0.711 bits per heavy atom. The van der Waals surface area contributed by atoms with E-state index in [1.165, 1.54) is 22.3 Å². The molecular formula is C34H52Cl2SiZr. The Balaban J connectivity index is 0.00000253. The molecule has 2 aromatic rings. The summed E-state index contributed by atoms with van der Waals surface area (Å²) in [7, 11) is 0. The minimum Gasteiger partial charge on any atom is -0.147 e. The molecule has 38 heavy (non-hydrogen) atoms. The third kappa shape index (κ3) is 4.57. The molecule has 2 aliphatic carbocycles. The van der Waals surface area contributed by atoms with Crippen molar-refractivity contribution in [2.45, 2.75) is 113 Å². The average molecular weight is 651 g/mol. The molecule has 2 aliphatic rings. The van der Waals surface area contributed by atoms with Gasteiger partial charge in [0.15, 0.2) is 0 Å². The first-order valence-electron chi connectivity index (χ1n) is 13.9. The van der Waals surface area contributed by atoms with Crippen LogP contribution in [-0.4, -0.2) is 6.88 Å². The summed E-state index contributed by atoms with van der Waals surface area (Å²) in [5.74, 6) is 0. The second-order valence-corrected chi connectivity index (χ2v) is 41.6. The van der Waals surface area contributed by atoms with E-state index in [0.29, 0.717) is 0 Å². The first-order valence-corrected chi connectivity index (χ1v) is 24.8. The molecule has 4 rings (SSSR count). The van der Waals surface area contributed by atoms with Crippen LogP contribution in [0.4, 0.5) is 0 Å². The van der Waals surface area contributed by atoms with Gasteiger partial charge >= 0.3 is 226 Å². The molecule has 0 heterocycles. The summed E-state index contributed by atoms with van der Waals surface area (Å²) in [6, 6.07) is 12.3. The number of rotatable bonds is 2. The molecule has 0 atom stereocenters. The molecule has 0 bridgehead atoms. The number of hydrogen-bond donors (Lipinski definition) is 0. The van der Waals surface area contributed by atoms with Gasteiger partial charge in [0.1, 0.15) is 0 Å². The fourth-order valence-corrected chi connectivity index (χ4v) is 33.8. The molecule has 0 radical (unpaired) electrons. The Kier molecular flexibility index (Phi) is 9.03. The second kappa shape index (κ2) is 10.2. The second-order valence-electron chi connectivity index (χ2n) is 15.8. The number of hydrogen-bond acceptors (Lipinski definition) is 0. The average Bonchev–Trinajstić information content (AvgIpc) is 3.37. The smallest absolute Gasteiger partial charge is 0.147 e. The van der Waals surface area contributed by atoms with Gasteiger partial charge in [-0.15, -0.1) is 24.8 Å². The van der Waals surface area contributed by atoms with Crippen LogP contribution in [-0.2, 0) is 34.6 Å². The van der Waals surface area contributed by atoms with E-state index in [2.05, 4.69) is 139 Å². The molecule has 0 aliphatic heterocycles. The van der Waals surface area contributed by atoms with Crippen LogP contribution in [0.25, 0.3) is 11.1 Å². The zero-order valence-electron chi connectivity index (χ0n) is 26.1. The van der Waals surface area contributed by atoms with E-state index in [1.807, 2.05) is 3.27 Å². The van der Waals surface area contributed by atoms with Crippen LogP contribution in [0.15, 0.2) is 51.8 Å². The number of halogens is 2. The van der Waals surface area contributed by atoms with Crippen LogP contribution < -0.4 is 3.27 Å². The van der Waals surface area contributed by atoms with Crippen molar-refractivity contribution >= 4 is 35.0 Å². The van der Waals surface area contributed by atoms with Crippen molar-refractivity contribution < 1.29 is 17.4 Å². The Bertz CT molecular complexity index is 1350. The molecule has 0 unspecified atom stereocenters. The predicted molar refractivity (Wildman–Crippen MR) is 176 cm³/mol. The van der Waals surface area contributed by atoms with Gasteiger partial charge < -0.3 is 0 Å². The maximum absolute atomic E-state index is 4.05. The quantitative estimate of drug-likeness (QED) is 0.242. The summed E-state index contributed by atoms with van der Waals surface area (Å²) in [4.78, 5) is 0. The van der Waals surface area contributed by atoms with Crippen molar-refractivity contribution in [2.24, 2.45) is 0 Å². The Morgan fingerprint density at radius 3 is 1.71 bits per heavy atom. The standard InChI is InChI=1S/C21H25.C5H5.2C4H9.2ClH.H2Si.Zr/c1-20(2,3)16-7-9-18-14(12-16)11-15-13-17(21(4,5)6)8-10-19(15)18;1-2-4-5-3-1;2*1-4(2)3;;;;/h7-10,12H,11H2,1-6H3;1-3H,4H2;2*1-3H3;2*1H;1H2;. The Hall–Kier alpha value is -0.400. The molecule has 2 aromatic carbocycles. The maximum Gasteiger partial charge on any atom is -0.147 e. The molecule has 0 N–H and O–H groups in total. The van der Waals surface area contributed by atoms with E-state index in [9.17, 15) is 0 Å². The van der Waals surface area contributed by atoms with Crippen molar-refractivity contribution in [3.8, 4) is 11.1 Å². The summed E-state index contributed by atoms with van der Waals surface area (Å²) in [5.41, 5.74) is 9.45. The van der Waals surface area contributed by atoms with Gasteiger partial charge in [-0.3, -0.25) is 0 Å². The van der Waals surface area contributed by atoms with Gasteiger partial charge in [-0.25, -0.2) is 0 Å². The van der Waals surface area contributed by atoms with Crippen LogP contribution in [0.3, 0.4) is 0 Å². The SMILES string of the molecule is CC(C)(C)c1ccc2c(c1)Cc1c-2ccc(C(C)(C)C)[c]1[Zr](=[SiH2])([C]1=CC=CC1)([C](C)(C)C)[C](C)(C)C.Cl.Cl. The molecule has 0 saturated heterocycles. The van der Waals surface area contributed by atoms with Gasteiger partial charge in [0, 0.05) is 0 Å². The molecule has 210 valence electrons. The molecule has 0 fully saturated rings. The van der Waals surface area contributed by atoms with E-state index in [4.69, 9.17) is 0 Å². The van der Waals surface area contributed by atoms with E-state index >= 15 is 0 Å². The summed E-state index contributed by atoms with van der Waals surface area (Å²) >= 11 is -4.05. The minimum absolute atomic E-state index is 0. The fraction of sp³-hybridized carbons (Fsp3) is 0.529. The van der Waals surface area contributed by atoms with Gasteiger partial charge in [-0.1, -0.05) is 0 Å². The fourth-order valence-electron chi connectivity index (χ4n) is 7.85. The molecule has 0 aromatic heterocycles. The molecule has 0 nitrogen and oxygen atoms in total. The molecular weight excluding hydrogens is 599 g/mol. The Labute approximate surface area is 248 Å². The number of benzene rings is 2. The number of allylic oxidation sites excluding steroid dienone is 4. The number of fused-ring (bicyclic) bond motifs is 3. The largest absolute Gasteiger partial charge is 0.147 e. The van der Waals surface area contributed by atoms with Gasteiger partial charge in [-0.2, -0.15) is 0 Å². The molecule has 0 saturated carbocycles. The van der Waals surface area contributed by atoms with E-state index in [-0.39, 0.29) is 41.9 Å². The van der Waals surface area contributed by atoms with Gasteiger partial charge in [-0.05, 0) is 0 Å². The van der Waals surface area contributed by atoms with Crippen molar-refractivity contribution in [1.29, 1.82) is 0 Å². The van der Waals surface area contributed by atoms with Crippen molar-refractivity contribution in [1.82, 2.24) is 0 Å². The third-order valence-corrected chi connectivity index (χ3v) is 52.2. The zero-order chi connectivity index (χ0) is 27.1. The summed E-state index contributed by atoms with van der Waals surface area (Å²) in [5, 5.41) is 0. The van der Waals surface area contributed by atoms with E-state index in [1.54, 1.807) is 14.4 Å². The van der Waals surface area contributed by atoms with Gasteiger partial charge in [0.05, 0.1) is 0 Å². The van der Waals surface area contributed by atoms with Crippen molar-refractivity contribution in [3.63, 3.8) is 0 Å². The topological polar surface area (TPSA) is 0 Å². The molecule has 4 heteroatoms. The summed E-state index contributed by atoms with van der Waals surface area (Å²) in [6.07, 6.45) is 9.50. The summed E-state index contributed by atoms with van der Waals surface area (Å²) < 4.78 is 4.00. The van der Waals surface area contributed by atoms with E-state index in [0.717, 1.165) is 12.8 Å². The molecule has 0 spiro atoms. The normalized spacial score (nSPS) is 15.9. The van der Waals surface area contributed by atoms with Crippen LogP contribution in [0.1, 0.15) is 112 Å². The third-order valence-electron chi connectivity index (χ3n) is 10.1.